The highest BCUT2D eigenvalue weighted by molar-refractivity contribution is 5.90. The molecule has 0 saturated heterocycles. The van der Waals surface area contributed by atoms with Gasteiger partial charge in [-0.15, -0.1) is 0 Å². The molecule has 0 spiro atoms. The maximum atomic E-state index is 11.9. The van der Waals surface area contributed by atoms with Crippen LogP contribution in [0.4, 0.5) is 5.69 Å². The molecule has 0 aliphatic heterocycles. The highest BCUT2D eigenvalue weighted by Crippen LogP contribution is 2.05. The van der Waals surface area contributed by atoms with Gasteiger partial charge in [0.2, 0.25) is 11.9 Å². The lowest BCUT2D eigenvalue weighted by Gasteiger charge is -2.06. The number of anilines is 1. The van der Waals surface area contributed by atoms with Gasteiger partial charge in [0, 0.05) is 24.7 Å². The number of hydrogen-bond donors (Lipinski definition) is 1. The van der Waals surface area contributed by atoms with Crippen LogP contribution in [0.15, 0.2) is 54.2 Å². The van der Waals surface area contributed by atoms with Crippen LogP contribution in [0.25, 0.3) is 5.95 Å². The zero-order valence-electron chi connectivity index (χ0n) is 11.3. The Morgan fingerprint density at radius 1 is 1.23 bits per heavy atom. The van der Waals surface area contributed by atoms with Crippen molar-refractivity contribution in [1.29, 1.82) is 0 Å². The summed E-state index contributed by atoms with van der Waals surface area (Å²) in [4.78, 5) is 35.5. The molecule has 0 radical (unpaired) electrons. The molecule has 0 bridgehead atoms. The Morgan fingerprint density at radius 2 is 2.05 bits per heavy atom. The molecule has 110 valence electrons. The Balaban J connectivity index is 1.67. The molecular formula is C13H11N7O2. The number of rotatable bonds is 4. The van der Waals surface area contributed by atoms with Gasteiger partial charge in [0.25, 0.3) is 5.56 Å². The molecule has 0 atom stereocenters. The minimum atomic E-state index is -0.389. The predicted octanol–water partition coefficient (Wildman–Crippen LogP) is -0.142. The van der Waals surface area contributed by atoms with Crippen LogP contribution in [0, 0.1) is 0 Å². The summed E-state index contributed by atoms with van der Waals surface area (Å²) in [7, 11) is 0. The molecule has 0 aromatic carbocycles. The largest absolute Gasteiger partial charge is 0.322 e. The number of carbonyl (C=O) groups excluding carboxylic acids is 1. The number of nitrogens with zero attached hydrogens (tertiary/aromatic N) is 6. The van der Waals surface area contributed by atoms with E-state index >= 15 is 0 Å². The summed E-state index contributed by atoms with van der Waals surface area (Å²) >= 11 is 0. The second-order valence-corrected chi connectivity index (χ2v) is 4.31. The fourth-order valence-electron chi connectivity index (χ4n) is 1.74. The third kappa shape index (κ3) is 3.03. The molecule has 3 aromatic heterocycles. The van der Waals surface area contributed by atoms with E-state index in [4.69, 9.17) is 0 Å². The highest BCUT2D eigenvalue weighted by atomic mass is 16.2. The Labute approximate surface area is 124 Å². The number of imidazole rings is 1. The number of hydrogen-bond acceptors (Lipinski definition) is 6. The van der Waals surface area contributed by atoms with E-state index in [2.05, 4.69) is 25.4 Å². The van der Waals surface area contributed by atoms with Gasteiger partial charge in [-0.2, -0.15) is 5.10 Å². The second-order valence-electron chi connectivity index (χ2n) is 4.31. The monoisotopic (exact) mass is 297 g/mol. The van der Waals surface area contributed by atoms with Gasteiger partial charge in [0.15, 0.2) is 0 Å². The summed E-state index contributed by atoms with van der Waals surface area (Å²) in [5, 5.41) is 6.41. The lowest BCUT2D eigenvalue weighted by molar-refractivity contribution is -0.117. The maximum absolute atomic E-state index is 11.9. The van der Waals surface area contributed by atoms with Crippen molar-refractivity contribution < 1.29 is 4.79 Å². The van der Waals surface area contributed by atoms with E-state index in [1.54, 1.807) is 23.3 Å². The molecule has 0 unspecified atom stereocenters. The van der Waals surface area contributed by atoms with Crippen LogP contribution in [-0.4, -0.2) is 35.2 Å². The van der Waals surface area contributed by atoms with Crippen molar-refractivity contribution >= 4 is 11.6 Å². The van der Waals surface area contributed by atoms with Crippen LogP contribution in [-0.2, 0) is 11.3 Å². The first-order valence-electron chi connectivity index (χ1n) is 6.35. The Hall–Kier alpha value is -3.36. The Bertz CT molecular complexity index is 824. The minimum Gasteiger partial charge on any atom is -0.322 e. The van der Waals surface area contributed by atoms with Gasteiger partial charge in [-0.25, -0.2) is 19.6 Å². The SMILES string of the molecule is O=C(Cn1ncccc1=O)Nc1cnc(-n2ccnc2)nc1. The molecule has 0 fully saturated rings. The molecule has 9 nitrogen and oxygen atoms in total. The average molecular weight is 297 g/mol. The van der Waals surface area contributed by atoms with E-state index in [1.165, 1.54) is 30.7 Å². The minimum absolute atomic E-state index is 0.178. The topological polar surface area (TPSA) is 108 Å². The third-order valence-electron chi connectivity index (χ3n) is 2.74. The van der Waals surface area contributed by atoms with Gasteiger partial charge < -0.3 is 5.32 Å². The molecule has 1 amide bonds. The number of amides is 1. The molecule has 3 rings (SSSR count). The van der Waals surface area contributed by atoms with Gasteiger partial charge in [-0.05, 0) is 6.07 Å². The summed E-state index contributed by atoms with van der Waals surface area (Å²) in [6, 6.07) is 2.85. The van der Waals surface area contributed by atoms with Crippen molar-refractivity contribution in [1.82, 2.24) is 29.3 Å². The van der Waals surface area contributed by atoms with Crippen molar-refractivity contribution in [3.05, 3.63) is 59.8 Å². The summed E-state index contributed by atoms with van der Waals surface area (Å²) in [5.41, 5.74) is 0.0854. The van der Waals surface area contributed by atoms with Crippen molar-refractivity contribution in [2.75, 3.05) is 5.32 Å². The van der Waals surface area contributed by atoms with Crippen molar-refractivity contribution in [2.24, 2.45) is 0 Å². The van der Waals surface area contributed by atoms with Gasteiger partial charge in [-0.3, -0.25) is 14.2 Å². The normalized spacial score (nSPS) is 10.4. The fourth-order valence-corrected chi connectivity index (χ4v) is 1.74. The molecule has 9 heteroatoms. The van der Waals surface area contributed by atoms with Gasteiger partial charge in [-0.1, -0.05) is 0 Å². The zero-order chi connectivity index (χ0) is 15.4. The summed E-state index contributed by atoms with van der Waals surface area (Å²) < 4.78 is 2.70. The first-order valence-corrected chi connectivity index (χ1v) is 6.35. The van der Waals surface area contributed by atoms with Crippen molar-refractivity contribution in [3.63, 3.8) is 0 Å². The molecule has 3 aromatic rings. The number of carbonyl (C=O) groups is 1. The molecule has 0 aliphatic rings. The second kappa shape index (κ2) is 5.95. The molecular weight excluding hydrogens is 286 g/mol. The first-order chi connectivity index (χ1) is 10.7. The van der Waals surface area contributed by atoms with Crippen LogP contribution in [0.3, 0.4) is 0 Å². The smallest absolute Gasteiger partial charge is 0.267 e. The first kappa shape index (κ1) is 13.6. The summed E-state index contributed by atoms with van der Waals surface area (Å²) in [5.74, 6) is 0.0521. The maximum Gasteiger partial charge on any atom is 0.267 e. The van der Waals surface area contributed by atoms with E-state index in [1.807, 2.05) is 0 Å². The fraction of sp³-hybridized carbons (Fsp3) is 0.0769. The van der Waals surface area contributed by atoms with E-state index in [0.29, 0.717) is 11.6 Å². The lowest BCUT2D eigenvalue weighted by Crippen LogP contribution is -2.28. The van der Waals surface area contributed by atoms with Crippen LogP contribution in [0.1, 0.15) is 0 Å². The predicted molar refractivity (Wildman–Crippen MR) is 76.3 cm³/mol. The van der Waals surface area contributed by atoms with Crippen molar-refractivity contribution in [3.8, 4) is 5.95 Å². The number of nitrogens with one attached hydrogen (secondary N) is 1. The van der Waals surface area contributed by atoms with Crippen LogP contribution in [0.5, 0.6) is 0 Å². The molecule has 0 saturated carbocycles. The third-order valence-corrected chi connectivity index (χ3v) is 2.74. The lowest BCUT2D eigenvalue weighted by atomic mass is 10.4. The highest BCUT2D eigenvalue weighted by Gasteiger charge is 2.07. The van der Waals surface area contributed by atoms with E-state index in [0.717, 1.165) is 4.68 Å². The van der Waals surface area contributed by atoms with Gasteiger partial charge in [0.1, 0.15) is 12.9 Å². The summed E-state index contributed by atoms with van der Waals surface area (Å²) in [6.07, 6.45) is 9.28. The summed E-state index contributed by atoms with van der Waals surface area (Å²) in [6.45, 7) is -0.178. The zero-order valence-corrected chi connectivity index (χ0v) is 11.3. The molecule has 22 heavy (non-hydrogen) atoms. The van der Waals surface area contributed by atoms with Crippen LogP contribution < -0.4 is 10.9 Å². The van der Waals surface area contributed by atoms with E-state index in [-0.39, 0.29) is 18.0 Å². The van der Waals surface area contributed by atoms with E-state index < -0.39 is 0 Å². The van der Waals surface area contributed by atoms with Crippen LogP contribution >= 0.6 is 0 Å². The van der Waals surface area contributed by atoms with Gasteiger partial charge in [0.05, 0.1) is 18.1 Å². The molecule has 1 N–H and O–H groups in total. The molecule has 3 heterocycles. The van der Waals surface area contributed by atoms with Gasteiger partial charge >= 0.3 is 0 Å². The van der Waals surface area contributed by atoms with E-state index in [9.17, 15) is 9.59 Å². The quantitative estimate of drug-likeness (QED) is 0.718. The van der Waals surface area contributed by atoms with Crippen LogP contribution in [0.2, 0.25) is 0 Å². The molecule has 0 aliphatic carbocycles. The standard InChI is InChI=1S/C13H11N7O2/c21-11(8-20-12(22)2-1-3-17-20)18-10-6-15-13(16-7-10)19-5-4-14-9-19/h1-7,9H,8H2,(H,18,21). The number of aromatic nitrogens is 6. The Morgan fingerprint density at radius 3 is 2.73 bits per heavy atom. The van der Waals surface area contributed by atoms with Crippen molar-refractivity contribution in [2.45, 2.75) is 6.54 Å². The Kier molecular flexibility index (Phi) is 3.69. The average Bonchev–Trinajstić information content (AvgIpc) is 3.05.